The van der Waals surface area contributed by atoms with Gasteiger partial charge in [-0.3, -0.25) is 4.79 Å². The third-order valence-electron chi connectivity index (χ3n) is 0.843. The second kappa shape index (κ2) is 3.39. The number of nitrogens with two attached hydrogens (primary N) is 1. The third-order valence-corrected chi connectivity index (χ3v) is 0.843. The van der Waals surface area contributed by atoms with Crippen LogP contribution in [0.5, 0.6) is 0 Å². The second-order valence-electron chi connectivity index (χ2n) is 1.60. The molecule has 0 aromatic heterocycles. The normalized spacial score (nSPS) is 16.8. The maximum absolute atomic E-state index is 10.0. The van der Waals surface area contributed by atoms with Gasteiger partial charge in [-0.1, -0.05) is 0 Å². The first-order valence-corrected chi connectivity index (χ1v) is 2.36. The predicted molar refractivity (Wildman–Crippen MR) is 28.3 cm³/mol. The lowest BCUT2D eigenvalue weighted by Gasteiger charge is -2.10. The Kier molecular flexibility index (Phi) is 3.15. The number of carbonyl (C=O) groups excluding carboxylic acids is 1. The van der Waals surface area contributed by atoms with Crippen LogP contribution in [-0.4, -0.2) is 40.0 Å². The first-order valence-electron chi connectivity index (χ1n) is 2.36. The molecule has 0 radical (unpaired) electrons. The van der Waals surface area contributed by atoms with Crippen LogP contribution < -0.4 is 5.73 Å². The Morgan fingerprint density at radius 3 is 2.11 bits per heavy atom. The molecule has 1 amide bonds. The molecule has 9 heavy (non-hydrogen) atoms. The summed E-state index contributed by atoms with van der Waals surface area (Å²) in [7, 11) is 0. The van der Waals surface area contributed by atoms with E-state index in [2.05, 4.69) is 5.73 Å². The van der Waals surface area contributed by atoms with Crippen LogP contribution in [0.2, 0.25) is 0 Å². The molecule has 2 atom stereocenters. The smallest absolute Gasteiger partial charge is 0.249 e. The van der Waals surface area contributed by atoms with Crippen LogP contribution >= 0.6 is 0 Å². The monoisotopic (exact) mass is 135 g/mol. The van der Waals surface area contributed by atoms with E-state index in [4.69, 9.17) is 15.3 Å². The van der Waals surface area contributed by atoms with Gasteiger partial charge in [-0.15, -0.1) is 0 Å². The third kappa shape index (κ3) is 2.41. The number of aliphatic hydroxyl groups is 3. The van der Waals surface area contributed by atoms with E-state index in [0.29, 0.717) is 0 Å². The molecule has 0 rings (SSSR count). The summed E-state index contributed by atoms with van der Waals surface area (Å²) in [5.74, 6) is -1.04. The Hall–Kier alpha value is -0.650. The van der Waals surface area contributed by atoms with Crippen molar-refractivity contribution in [3.05, 3.63) is 0 Å². The summed E-state index contributed by atoms with van der Waals surface area (Å²) >= 11 is 0. The Bertz CT molecular complexity index is 105. The Labute approximate surface area is 51.7 Å². The van der Waals surface area contributed by atoms with Gasteiger partial charge in [-0.05, 0) is 0 Å². The molecule has 0 aromatic rings. The second-order valence-corrected chi connectivity index (χ2v) is 1.60. The van der Waals surface area contributed by atoms with Crippen LogP contribution in [0.15, 0.2) is 0 Å². The molecule has 0 aliphatic heterocycles. The van der Waals surface area contributed by atoms with Crippen molar-refractivity contribution in [3.8, 4) is 0 Å². The fourth-order valence-corrected chi connectivity index (χ4v) is 0.289. The van der Waals surface area contributed by atoms with Crippen LogP contribution in [0.4, 0.5) is 0 Å². The van der Waals surface area contributed by atoms with Gasteiger partial charge in [0.1, 0.15) is 6.10 Å². The molecule has 0 heterocycles. The quantitative estimate of drug-likeness (QED) is 0.335. The fraction of sp³-hybridized carbons (Fsp3) is 0.750. The Balaban J connectivity index is 3.72. The zero-order chi connectivity index (χ0) is 7.44. The minimum Gasteiger partial charge on any atom is -0.394 e. The van der Waals surface area contributed by atoms with Crippen molar-refractivity contribution in [2.75, 3.05) is 6.61 Å². The molecule has 5 N–H and O–H groups in total. The molecule has 0 saturated carbocycles. The van der Waals surface area contributed by atoms with E-state index in [-0.39, 0.29) is 0 Å². The number of hydrogen-bond donors (Lipinski definition) is 4. The summed E-state index contributed by atoms with van der Waals surface area (Å²) in [5, 5.41) is 25.1. The molecular weight excluding hydrogens is 126 g/mol. The van der Waals surface area contributed by atoms with E-state index >= 15 is 0 Å². The topological polar surface area (TPSA) is 104 Å². The van der Waals surface area contributed by atoms with Crippen molar-refractivity contribution in [1.29, 1.82) is 0 Å². The first-order chi connectivity index (χ1) is 4.09. The summed E-state index contributed by atoms with van der Waals surface area (Å²) in [4.78, 5) is 10.0. The lowest BCUT2D eigenvalue weighted by Crippen LogP contribution is -2.40. The van der Waals surface area contributed by atoms with E-state index in [1.165, 1.54) is 0 Å². The minimum atomic E-state index is -1.67. The number of rotatable bonds is 3. The van der Waals surface area contributed by atoms with E-state index in [1.54, 1.807) is 0 Å². The Morgan fingerprint density at radius 2 is 2.00 bits per heavy atom. The van der Waals surface area contributed by atoms with Gasteiger partial charge in [-0.2, -0.15) is 0 Å². The summed E-state index contributed by atoms with van der Waals surface area (Å²) in [5.41, 5.74) is 4.55. The number of carbonyl (C=O) groups is 1. The van der Waals surface area contributed by atoms with E-state index in [0.717, 1.165) is 0 Å². The summed E-state index contributed by atoms with van der Waals surface area (Å²) in [6, 6.07) is 0. The van der Waals surface area contributed by atoms with Gasteiger partial charge in [0.25, 0.3) is 0 Å². The molecular formula is C4H9NO4. The van der Waals surface area contributed by atoms with Gasteiger partial charge in [0.15, 0.2) is 6.10 Å². The fourth-order valence-electron chi connectivity index (χ4n) is 0.289. The van der Waals surface area contributed by atoms with E-state index in [9.17, 15) is 4.79 Å². The van der Waals surface area contributed by atoms with Crippen LogP contribution in [0.25, 0.3) is 0 Å². The van der Waals surface area contributed by atoms with E-state index in [1.807, 2.05) is 0 Å². The zero-order valence-electron chi connectivity index (χ0n) is 4.69. The molecule has 5 heteroatoms. The summed E-state index contributed by atoms with van der Waals surface area (Å²) in [6.45, 7) is -0.676. The van der Waals surface area contributed by atoms with Crippen LogP contribution in [0.1, 0.15) is 0 Å². The van der Waals surface area contributed by atoms with E-state index < -0.39 is 24.7 Å². The average molecular weight is 135 g/mol. The van der Waals surface area contributed by atoms with Crippen molar-refractivity contribution in [3.63, 3.8) is 0 Å². The van der Waals surface area contributed by atoms with Gasteiger partial charge in [0, 0.05) is 0 Å². The minimum absolute atomic E-state index is 0.676. The van der Waals surface area contributed by atoms with Crippen molar-refractivity contribution in [1.82, 2.24) is 0 Å². The lowest BCUT2D eigenvalue weighted by atomic mass is 10.2. The highest BCUT2D eigenvalue weighted by Crippen LogP contribution is 1.89. The van der Waals surface area contributed by atoms with Crippen LogP contribution in [-0.2, 0) is 4.79 Å². The Morgan fingerprint density at radius 1 is 1.56 bits per heavy atom. The molecule has 0 aromatic carbocycles. The molecule has 0 spiro atoms. The first kappa shape index (κ1) is 8.35. The van der Waals surface area contributed by atoms with Gasteiger partial charge >= 0.3 is 0 Å². The zero-order valence-corrected chi connectivity index (χ0v) is 4.69. The molecule has 54 valence electrons. The average Bonchev–Trinajstić information content (AvgIpc) is 1.84. The number of primary amides is 1. The van der Waals surface area contributed by atoms with Crippen molar-refractivity contribution >= 4 is 5.91 Å². The van der Waals surface area contributed by atoms with Crippen LogP contribution in [0, 0.1) is 0 Å². The highest BCUT2D eigenvalue weighted by molar-refractivity contribution is 5.79. The number of aliphatic hydroxyl groups excluding tert-OH is 3. The van der Waals surface area contributed by atoms with Crippen molar-refractivity contribution in [2.45, 2.75) is 12.2 Å². The molecule has 0 saturated heterocycles. The molecule has 0 aliphatic carbocycles. The van der Waals surface area contributed by atoms with Gasteiger partial charge in [0.05, 0.1) is 6.61 Å². The van der Waals surface area contributed by atoms with Crippen molar-refractivity contribution < 1.29 is 20.1 Å². The highest BCUT2D eigenvalue weighted by atomic mass is 16.4. The molecule has 0 fully saturated rings. The molecule has 0 unspecified atom stereocenters. The maximum Gasteiger partial charge on any atom is 0.249 e. The highest BCUT2D eigenvalue weighted by Gasteiger charge is 2.19. The van der Waals surface area contributed by atoms with Gasteiger partial charge < -0.3 is 21.1 Å². The summed E-state index contributed by atoms with van der Waals surface area (Å²) < 4.78 is 0. The standard InChI is InChI=1S/C4H9NO4/c5-4(9)3(8)2(7)1-6/h2-3,6-8H,1H2,(H2,5,9)/t2-,3+/m0/s1. The van der Waals surface area contributed by atoms with Crippen molar-refractivity contribution in [2.24, 2.45) is 5.73 Å². The SMILES string of the molecule is NC(=O)[C@H](O)[C@@H](O)CO. The number of hydrogen-bond acceptors (Lipinski definition) is 4. The molecule has 5 nitrogen and oxygen atoms in total. The predicted octanol–water partition coefficient (Wildman–Crippen LogP) is -2.81. The largest absolute Gasteiger partial charge is 0.394 e. The maximum atomic E-state index is 10.0. The number of amides is 1. The lowest BCUT2D eigenvalue weighted by molar-refractivity contribution is -0.133. The molecule has 0 bridgehead atoms. The van der Waals surface area contributed by atoms with Gasteiger partial charge in [0.2, 0.25) is 5.91 Å². The molecule has 0 aliphatic rings. The summed E-state index contributed by atoms with van der Waals surface area (Å²) in [6.07, 6.45) is -3.14. The van der Waals surface area contributed by atoms with Gasteiger partial charge in [-0.25, -0.2) is 0 Å². The van der Waals surface area contributed by atoms with Crippen LogP contribution in [0.3, 0.4) is 0 Å².